The number of amides is 2. The molecule has 1 aliphatic rings. The maximum atomic E-state index is 12.8. The first kappa shape index (κ1) is 17.4. The summed E-state index contributed by atoms with van der Waals surface area (Å²) in [6, 6.07) is 17.2. The molecule has 0 aliphatic carbocycles. The van der Waals surface area contributed by atoms with Crippen LogP contribution in [0.1, 0.15) is 28.2 Å². The van der Waals surface area contributed by atoms with Crippen LogP contribution in [0.15, 0.2) is 54.6 Å². The van der Waals surface area contributed by atoms with Crippen molar-refractivity contribution >= 4 is 34.5 Å². The fraction of sp³-hybridized carbons (Fsp3) is 0.190. The molecular formula is C21H19N3O2S. The molecule has 0 radical (unpaired) electrons. The predicted octanol–water partition coefficient (Wildman–Crippen LogP) is 4.50. The van der Waals surface area contributed by atoms with Crippen LogP contribution in [0.3, 0.4) is 0 Å². The van der Waals surface area contributed by atoms with Crippen molar-refractivity contribution in [2.45, 2.75) is 19.8 Å². The second kappa shape index (κ2) is 7.32. The Hall–Kier alpha value is -2.99. The van der Waals surface area contributed by atoms with Gasteiger partial charge in [0.2, 0.25) is 5.91 Å². The minimum absolute atomic E-state index is 0.129. The zero-order valence-corrected chi connectivity index (χ0v) is 15.8. The summed E-state index contributed by atoms with van der Waals surface area (Å²) in [5.74, 6) is -0.0543. The first-order valence-corrected chi connectivity index (χ1v) is 9.68. The molecule has 3 aromatic rings. The van der Waals surface area contributed by atoms with Crippen LogP contribution in [0, 0.1) is 6.92 Å². The van der Waals surface area contributed by atoms with Gasteiger partial charge in [-0.05, 0) is 31.5 Å². The van der Waals surface area contributed by atoms with Crippen LogP contribution in [-0.2, 0) is 4.79 Å². The third kappa shape index (κ3) is 3.61. The van der Waals surface area contributed by atoms with Crippen molar-refractivity contribution in [1.29, 1.82) is 0 Å². The SMILES string of the molecule is Cc1nc(-c2ccccc2)sc1C(=O)Nc1cccc(N2CCCC2=O)c1. The zero-order chi connectivity index (χ0) is 18.8. The predicted molar refractivity (Wildman–Crippen MR) is 108 cm³/mol. The summed E-state index contributed by atoms with van der Waals surface area (Å²) in [5.41, 5.74) is 3.20. The number of rotatable bonds is 4. The lowest BCUT2D eigenvalue weighted by molar-refractivity contribution is -0.117. The number of nitrogens with zero attached hydrogens (tertiary/aromatic N) is 2. The summed E-state index contributed by atoms with van der Waals surface area (Å²) in [6.45, 7) is 2.57. The van der Waals surface area contributed by atoms with Crippen LogP contribution >= 0.6 is 11.3 Å². The third-order valence-electron chi connectivity index (χ3n) is 4.51. The quantitative estimate of drug-likeness (QED) is 0.728. The number of thiazole rings is 1. The van der Waals surface area contributed by atoms with Crippen LogP contribution in [0.2, 0.25) is 0 Å². The summed E-state index contributed by atoms with van der Waals surface area (Å²) < 4.78 is 0. The lowest BCUT2D eigenvalue weighted by Gasteiger charge is -2.16. The van der Waals surface area contributed by atoms with Crippen LogP contribution in [0.5, 0.6) is 0 Å². The molecule has 1 aliphatic heterocycles. The van der Waals surface area contributed by atoms with E-state index in [0.717, 1.165) is 29.2 Å². The Balaban J connectivity index is 1.55. The number of aromatic nitrogens is 1. The van der Waals surface area contributed by atoms with Crippen molar-refractivity contribution in [3.05, 3.63) is 65.2 Å². The smallest absolute Gasteiger partial charge is 0.267 e. The van der Waals surface area contributed by atoms with Crippen LogP contribution in [0.25, 0.3) is 10.6 Å². The molecule has 0 atom stereocenters. The number of carbonyl (C=O) groups is 2. The number of anilines is 2. The van der Waals surface area contributed by atoms with E-state index in [2.05, 4.69) is 10.3 Å². The Morgan fingerprint density at radius 2 is 1.96 bits per heavy atom. The highest BCUT2D eigenvalue weighted by Gasteiger charge is 2.22. The van der Waals surface area contributed by atoms with E-state index < -0.39 is 0 Å². The maximum absolute atomic E-state index is 12.8. The molecule has 4 rings (SSSR count). The molecule has 1 fully saturated rings. The van der Waals surface area contributed by atoms with Gasteiger partial charge in [-0.25, -0.2) is 4.98 Å². The van der Waals surface area contributed by atoms with E-state index >= 15 is 0 Å². The van der Waals surface area contributed by atoms with Crippen LogP contribution < -0.4 is 10.2 Å². The van der Waals surface area contributed by atoms with E-state index in [-0.39, 0.29) is 11.8 Å². The minimum atomic E-state index is -0.183. The van der Waals surface area contributed by atoms with Crippen molar-refractivity contribution in [2.75, 3.05) is 16.8 Å². The van der Waals surface area contributed by atoms with Crippen molar-refractivity contribution in [2.24, 2.45) is 0 Å². The second-order valence-corrected chi connectivity index (χ2v) is 7.45. The molecule has 5 nitrogen and oxygen atoms in total. The van der Waals surface area contributed by atoms with Gasteiger partial charge in [0.1, 0.15) is 9.88 Å². The average Bonchev–Trinajstić information content (AvgIpc) is 3.28. The normalized spacial score (nSPS) is 13.8. The maximum Gasteiger partial charge on any atom is 0.267 e. The molecule has 1 saturated heterocycles. The van der Waals surface area contributed by atoms with E-state index in [4.69, 9.17) is 0 Å². The highest BCUT2D eigenvalue weighted by atomic mass is 32.1. The van der Waals surface area contributed by atoms with Gasteiger partial charge in [0.05, 0.1) is 5.69 Å². The fourth-order valence-electron chi connectivity index (χ4n) is 3.17. The van der Waals surface area contributed by atoms with Gasteiger partial charge in [0, 0.05) is 29.9 Å². The van der Waals surface area contributed by atoms with E-state index in [1.165, 1.54) is 11.3 Å². The Labute approximate surface area is 161 Å². The molecule has 136 valence electrons. The summed E-state index contributed by atoms with van der Waals surface area (Å²) in [7, 11) is 0. The first-order valence-electron chi connectivity index (χ1n) is 8.86. The average molecular weight is 377 g/mol. The van der Waals surface area contributed by atoms with Crippen molar-refractivity contribution in [1.82, 2.24) is 4.98 Å². The van der Waals surface area contributed by atoms with Crippen molar-refractivity contribution in [3.8, 4) is 10.6 Å². The van der Waals surface area contributed by atoms with E-state index in [9.17, 15) is 9.59 Å². The Morgan fingerprint density at radius 1 is 1.15 bits per heavy atom. The van der Waals surface area contributed by atoms with Gasteiger partial charge in [0.15, 0.2) is 0 Å². The van der Waals surface area contributed by atoms with Crippen molar-refractivity contribution in [3.63, 3.8) is 0 Å². The molecule has 0 bridgehead atoms. The lowest BCUT2D eigenvalue weighted by atomic mass is 10.2. The molecular weight excluding hydrogens is 358 g/mol. The number of carbonyl (C=O) groups excluding carboxylic acids is 2. The number of hydrogen-bond donors (Lipinski definition) is 1. The Kier molecular flexibility index (Phi) is 4.73. The first-order chi connectivity index (χ1) is 13.1. The number of hydrogen-bond acceptors (Lipinski definition) is 4. The monoisotopic (exact) mass is 377 g/mol. The molecule has 2 aromatic carbocycles. The lowest BCUT2D eigenvalue weighted by Crippen LogP contribution is -2.23. The van der Waals surface area contributed by atoms with Crippen molar-refractivity contribution < 1.29 is 9.59 Å². The summed E-state index contributed by atoms with van der Waals surface area (Å²) in [4.78, 5) is 31.6. The molecule has 0 unspecified atom stereocenters. The van der Waals surface area contributed by atoms with Gasteiger partial charge >= 0.3 is 0 Å². The molecule has 1 aromatic heterocycles. The van der Waals surface area contributed by atoms with E-state index in [1.807, 2.05) is 61.5 Å². The van der Waals surface area contributed by atoms with Gasteiger partial charge in [0.25, 0.3) is 5.91 Å². The largest absolute Gasteiger partial charge is 0.321 e. The van der Waals surface area contributed by atoms with Gasteiger partial charge in [-0.1, -0.05) is 36.4 Å². The van der Waals surface area contributed by atoms with Gasteiger partial charge in [-0.3, -0.25) is 9.59 Å². The number of nitrogens with one attached hydrogen (secondary N) is 1. The summed E-state index contributed by atoms with van der Waals surface area (Å²) >= 11 is 1.38. The Morgan fingerprint density at radius 3 is 2.70 bits per heavy atom. The standard InChI is InChI=1S/C21H19N3O2S/c1-14-19(27-21(22-14)15-7-3-2-4-8-15)20(26)23-16-9-5-10-17(13-16)24-12-6-11-18(24)25/h2-5,7-10,13H,6,11-12H2,1H3,(H,23,26). The highest BCUT2D eigenvalue weighted by molar-refractivity contribution is 7.17. The molecule has 2 amide bonds. The number of aryl methyl sites for hydroxylation is 1. The van der Waals surface area contributed by atoms with Gasteiger partial charge in [-0.15, -0.1) is 11.3 Å². The topological polar surface area (TPSA) is 62.3 Å². The van der Waals surface area contributed by atoms with Crippen LogP contribution in [0.4, 0.5) is 11.4 Å². The zero-order valence-electron chi connectivity index (χ0n) is 14.9. The summed E-state index contributed by atoms with van der Waals surface area (Å²) in [6.07, 6.45) is 1.46. The fourth-order valence-corrected chi connectivity index (χ4v) is 4.14. The highest BCUT2D eigenvalue weighted by Crippen LogP contribution is 2.29. The van der Waals surface area contributed by atoms with E-state index in [0.29, 0.717) is 22.7 Å². The summed E-state index contributed by atoms with van der Waals surface area (Å²) in [5, 5.41) is 3.76. The van der Waals surface area contributed by atoms with Crippen LogP contribution in [-0.4, -0.2) is 23.3 Å². The van der Waals surface area contributed by atoms with Gasteiger partial charge in [-0.2, -0.15) is 0 Å². The number of benzene rings is 2. The molecule has 2 heterocycles. The van der Waals surface area contributed by atoms with E-state index in [1.54, 1.807) is 4.90 Å². The minimum Gasteiger partial charge on any atom is -0.321 e. The van der Waals surface area contributed by atoms with Gasteiger partial charge < -0.3 is 10.2 Å². The Bertz CT molecular complexity index is 998. The molecule has 27 heavy (non-hydrogen) atoms. The second-order valence-electron chi connectivity index (χ2n) is 6.45. The molecule has 0 spiro atoms. The molecule has 1 N–H and O–H groups in total. The molecule has 0 saturated carbocycles. The third-order valence-corrected chi connectivity index (χ3v) is 5.72. The molecule has 6 heteroatoms.